The number of ether oxygens (including phenoxy) is 4. The summed E-state index contributed by atoms with van der Waals surface area (Å²) in [4.78, 5) is 0. The summed E-state index contributed by atoms with van der Waals surface area (Å²) in [6.45, 7) is 10.5. The van der Waals surface area contributed by atoms with Crippen LogP contribution in [0.4, 0.5) is 0 Å². The first-order valence-corrected chi connectivity index (χ1v) is 11.7. The lowest BCUT2D eigenvalue weighted by Crippen LogP contribution is -2.44. The molecule has 6 nitrogen and oxygen atoms in total. The second-order valence-corrected chi connectivity index (χ2v) is 10.1. The van der Waals surface area contributed by atoms with Gasteiger partial charge in [-0.25, -0.2) is 0 Å². The minimum Gasteiger partial charge on any atom is -0.383 e. The molecule has 0 amide bonds. The quantitative estimate of drug-likeness (QED) is 0.472. The van der Waals surface area contributed by atoms with Gasteiger partial charge in [0.25, 0.3) is 0 Å². The average molecular weight is 415 g/mol. The van der Waals surface area contributed by atoms with Gasteiger partial charge < -0.3 is 29.2 Å². The fraction of sp³-hybridized carbons (Fsp3) is 1.00. The van der Waals surface area contributed by atoms with E-state index in [1.165, 1.54) is 44.9 Å². The highest BCUT2D eigenvalue weighted by Gasteiger charge is 2.93. The molecule has 1 saturated carbocycles. The van der Waals surface area contributed by atoms with Gasteiger partial charge in [-0.3, -0.25) is 0 Å². The van der Waals surface area contributed by atoms with Crippen molar-refractivity contribution in [1.29, 1.82) is 0 Å². The van der Waals surface area contributed by atoms with Gasteiger partial charge in [0.15, 0.2) is 17.7 Å². The van der Waals surface area contributed by atoms with Crippen LogP contribution in [0.2, 0.25) is 0 Å². The summed E-state index contributed by atoms with van der Waals surface area (Å²) in [5.41, 5.74) is -3.53. The van der Waals surface area contributed by atoms with E-state index in [0.29, 0.717) is 13.2 Å². The van der Waals surface area contributed by atoms with E-state index in [4.69, 9.17) is 18.9 Å². The minimum atomic E-state index is -1.42. The molecule has 0 spiro atoms. The molecule has 3 aliphatic rings. The third-order valence-corrected chi connectivity index (χ3v) is 7.33. The number of aliphatic hydroxyl groups is 2. The van der Waals surface area contributed by atoms with E-state index in [1.807, 2.05) is 27.7 Å². The van der Waals surface area contributed by atoms with Crippen molar-refractivity contribution in [3.63, 3.8) is 0 Å². The summed E-state index contributed by atoms with van der Waals surface area (Å²) in [7, 11) is 0. The molecule has 170 valence electrons. The summed E-state index contributed by atoms with van der Waals surface area (Å²) < 4.78 is 23.5. The van der Waals surface area contributed by atoms with Crippen LogP contribution in [0.3, 0.4) is 0 Å². The Bertz CT molecular complexity index is 549. The lowest BCUT2D eigenvalue weighted by Gasteiger charge is -2.30. The second kappa shape index (κ2) is 8.71. The molecule has 5 atom stereocenters. The van der Waals surface area contributed by atoms with Gasteiger partial charge in [-0.1, -0.05) is 72.1 Å². The smallest absolute Gasteiger partial charge is 0.190 e. The summed E-state index contributed by atoms with van der Waals surface area (Å²) in [6.07, 6.45) is 9.24. The molecule has 0 aromatic carbocycles. The van der Waals surface area contributed by atoms with Crippen molar-refractivity contribution in [3.05, 3.63) is 0 Å². The number of hydrogen-bond acceptors (Lipinski definition) is 6. The van der Waals surface area contributed by atoms with Crippen LogP contribution >= 0.6 is 0 Å². The van der Waals surface area contributed by atoms with Crippen molar-refractivity contribution in [1.82, 2.24) is 0 Å². The molecule has 2 aliphatic heterocycles. The van der Waals surface area contributed by atoms with Crippen LogP contribution in [-0.2, 0) is 18.9 Å². The molecule has 2 N–H and O–H groups in total. The standard InChI is InChI=1S/C23H42O6/c1-6-7-8-9-10-11-12-13-14-15-26-19-23(25)20(2,3)22(23,24)18(28-19)17-16-27-21(4,5)29-17/h17-19,24-25H,6-16H2,1-5H3/t17-,18-,19+,22-,23+/m1/s1. The fourth-order valence-corrected chi connectivity index (χ4v) is 5.26. The number of rotatable bonds is 12. The zero-order valence-electron chi connectivity index (χ0n) is 19.0. The van der Waals surface area contributed by atoms with Crippen LogP contribution in [0.15, 0.2) is 0 Å². The van der Waals surface area contributed by atoms with Crippen molar-refractivity contribution in [2.45, 2.75) is 128 Å². The monoisotopic (exact) mass is 414 g/mol. The SMILES string of the molecule is CCCCCCCCCCCO[C@H]1O[C@H]([C@H]2COC(C)(C)O2)[C@@]2(O)C(C)(C)[C@@]12O. The van der Waals surface area contributed by atoms with E-state index in [-0.39, 0.29) is 0 Å². The third kappa shape index (κ3) is 4.01. The summed E-state index contributed by atoms with van der Waals surface area (Å²) in [6, 6.07) is 0. The summed E-state index contributed by atoms with van der Waals surface area (Å²) in [5, 5.41) is 22.5. The Hall–Kier alpha value is -0.240. The minimum absolute atomic E-state index is 0.330. The maximum atomic E-state index is 11.3. The molecule has 0 aromatic rings. The molecular formula is C23H42O6. The zero-order valence-corrected chi connectivity index (χ0v) is 19.0. The molecule has 0 bridgehead atoms. The van der Waals surface area contributed by atoms with E-state index < -0.39 is 40.9 Å². The molecule has 6 heteroatoms. The summed E-state index contributed by atoms with van der Waals surface area (Å²) >= 11 is 0. The first kappa shape index (κ1) is 23.4. The number of fused-ring (bicyclic) bond motifs is 1. The van der Waals surface area contributed by atoms with Gasteiger partial charge >= 0.3 is 0 Å². The van der Waals surface area contributed by atoms with Crippen molar-refractivity contribution < 1.29 is 29.2 Å². The Labute approximate surface area is 176 Å². The maximum Gasteiger partial charge on any atom is 0.190 e. The van der Waals surface area contributed by atoms with Crippen LogP contribution < -0.4 is 0 Å². The predicted molar refractivity (Wildman–Crippen MR) is 110 cm³/mol. The maximum absolute atomic E-state index is 11.3. The first-order valence-electron chi connectivity index (χ1n) is 11.7. The van der Waals surface area contributed by atoms with Crippen molar-refractivity contribution in [2.75, 3.05) is 13.2 Å². The first-order chi connectivity index (χ1) is 13.6. The van der Waals surface area contributed by atoms with E-state index in [9.17, 15) is 10.2 Å². The molecule has 29 heavy (non-hydrogen) atoms. The molecule has 1 aliphatic carbocycles. The van der Waals surface area contributed by atoms with Gasteiger partial charge in [0.2, 0.25) is 0 Å². The van der Waals surface area contributed by atoms with Crippen molar-refractivity contribution in [3.8, 4) is 0 Å². The lowest BCUT2D eigenvalue weighted by molar-refractivity contribution is -0.230. The van der Waals surface area contributed by atoms with Gasteiger partial charge in [-0.2, -0.15) is 0 Å². The number of hydrogen-bond donors (Lipinski definition) is 2. The lowest BCUT2D eigenvalue weighted by atomic mass is 9.98. The van der Waals surface area contributed by atoms with E-state index in [0.717, 1.165) is 12.8 Å². The Kier molecular flexibility index (Phi) is 7.04. The highest BCUT2D eigenvalue weighted by atomic mass is 16.8. The highest BCUT2D eigenvalue weighted by Crippen LogP contribution is 2.73. The third-order valence-electron chi connectivity index (χ3n) is 7.33. The molecule has 0 radical (unpaired) electrons. The van der Waals surface area contributed by atoms with Crippen LogP contribution in [0, 0.1) is 5.41 Å². The Morgan fingerprint density at radius 2 is 1.45 bits per heavy atom. The van der Waals surface area contributed by atoms with Gasteiger partial charge in [0.05, 0.1) is 6.61 Å². The Morgan fingerprint density at radius 1 is 0.862 bits per heavy atom. The van der Waals surface area contributed by atoms with E-state index in [1.54, 1.807) is 0 Å². The molecule has 3 rings (SSSR count). The normalized spacial score (nSPS) is 39.6. The average Bonchev–Trinajstić information content (AvgIpc) is 2.96. The topological polar surface area (TPSA) is 77.4 Å². The summed E-state index contributed by atoms with van der Waals surface area (Å²) in [5.74, 6) is -0.711. The van der Waals surface area contributed by atoms with Crippen molar-refractivity contribution >= 4 is 0 Å². The molecule has 3 fully saturated rings. The van der Waals surface area contributed by atoms with Crippen LogP contribution in [0.25, 0.3) is 0 Å². The molecule has 2 heterocycles. The molecule has 2 saturated heterocycles. The van der Waals surface area contributed by atoms with E-state index >= 15 is 0 Å². The van der Waals surface area contributed by atoms with Gasteiger partial charge in [-0.15, -0.1) is 0 Å². The van der Waals surface area contributed by atoms with Gasteiger partial charge in [-0.05, 0) is 20.3 Å². The zero-order chi connectivity index (χ0) is 21.3. The van der Waals surface area contributed by atoms with Gasteiger partial charge in [0, 0.05) is 12.0 Å². The van der Waals surface area contributed by atoms with Crippen LogP contribution in [0.1, 0.15) is 92.4 Å². The number of unbranched alkanes of at least 4 members (excludes halogenated alkanes) is 8. The van der Waals surface area contributed by atoms with Crippen LogP contribution in [0.5, 0.6) is 0 Å². The second-order valence-electron chi connectivity index (χ2n) is 10.1. The molecule has 0 aromatic heterocycles. The van der Waals surface area contributed by atoms with Crippen LogP contribution in [-0.4, -0.2) is 58.9 Å². The van der Waals surface area contributed by atoms with Crippen molar-refractivity contribution in [2.24, 2.45) is 5.41 Å². The molecular weight excluding hydrogens is 372 g/mol. The van der Waals surface area contributed by atoms with Gasteiger partial charge in [0.1, 0.15) is 17.8 Å². The highest BCUT2D eigenvalue weighted by molar-refractivity contribution is 5.40. The Balaban J connectivity index is 1.43. The Morgan fingerprint density at radius 3 is 2.00 bits per heavy atom. The predicted octanol–water partition coefficient (Wildman–Crippen LogP) is 3.91. The largest absolute Gasteiger partial charge is 0.383 e. The van der Waals surface area contributed by atoms with E-state index in [2.05, 4.69) is 6.92 Å². The molecule has 0 unspecified atom stereocenters. The fourth-order valence-electron chi connectivity index (χ4n) is 5.26.